The van der Waals surface area contributed by atoms with E-state index in [2.05, 4.69) is 19.2 Å². The predicted octanol–water partition coefficient (Wildman–Crippen LogP) is 5.38. The molecule has 0 aliphatic rings. The molecule has 0 bridgehead atoms. The van der Waals surface area contributed by atoms with Crippen molar-refractivity contribution in [3.8, 4) is 5.75 Å². The van der Waals surface area contributed by atoms with E-state index in [-0.39, 0.29) is 6.03 Å². The Morgan fingerprint density at radius 1 is 1.03 bits per heavy atom. The van der Waals surface area contributed by atoms with Crippen molar-refractivity contribution in [3.05, 3.63) is 59.7 Å². The summed E-state index contributed by atoms with van der Waals surface area (Å²) in [6.45, 7) is 9.87. The third-order valence-electron chi connectivity index (χ3n) is 5.92. The van der Waals surface area contributed by atoms with Gasteiger partial charge in [0.1, 0.15) is 12.4 Å². The highest BCUT2D eigenvalue weighted by atomic mass is 16.5. The summed E-state index contributed by atoms with van der Waals surface area (Å²) in [6, 6.07) is 14.9. The van der Waals surface area contributed by atoms with Gasteiger partial charge in [-0.25, -0.2) is 9.59 Å². The van der Waals surface area contributed by atoms with Crippen LogP contribution >= 0.6 is 0 Å². The summed E-state index contributed by atoms with van der Waals surface area (Å²) in [5, 5.41) is 12.3. The number of para-hydroxylation sites is 1. The number of carbonyl (C=O) groups is 2. The fourth-order valence-corrected chi connectivity index (χ4v) is 3.67. The Morgan fingerprint density at radius 3 is 2.29 bits per heavy atom. The predicted molar refractivity (Wildman–Crippen MR) is 135 cm³/mol. The maximum Gasteiger partial charge on any atom is 0.333 e. The van der Waals surface area contributed by atoms with Crippen molar-refractivity contribution in [2.24, 2.45) is 5.92 Å². The van der Waals surface area contributed by atoms with Crippen molar-refractivity contribution in [2.45, 2.75) is 53.1 Å². The lowest BCUT2D eigenvalue weighted by molar-refractivity contribution is -0.149. The largest absolute Gasteiger partial charge is 0.492 e. The first-order chi connectivity index (χ1) is 16.4. The van der Waals surface area contributed by atoms with Gasteiger partial charge in [-0.05, 0) is 49.1 Å². The van der Waals surface area contributed by atoms with E-state index in [1.807, 2.05) is 60.4 Å². The second-order valence-electron chi connectivity index (χ2n) is 8.35. The molecule has 1 atom stereocenters. The average Bonchev–Trinajstić information content (AvgIpc) is 2.83. The van der Waals surface area contributed by atoms with E-state index in [1.54, 1.807) is 6.92 Å². The smallest absolute Gasteiger partial charge is 0.333 e. The first-order valence-electron chi connectivity index (χ1n) is 12.1. The molecule has 2 amide bonds. The SMILES string of the molecule is CCOC(Cc1ccc(OCCN(CC(CC)CC)C(=O)Nc2ccccc2C)cc1)C(=O)O. The number of urea groups is 1. The van der Waals surface area contributed by atoms with Crippen molar-refractivity contribution in [2.75, 3.05) is 31.6 Å². The van der Waals surface area contributed by atoms with E-state index >= 15 is 0 Å². The van der Waals surface area contributed by atoms with Crippen LogP contribution in [0, 0.1) is 12.8 Å². The summed E-state index contributed by atoms with van der Waals surface area (Å²) < 4.78 is 11.2. The molecule has 2 aromatic carbocycles. The number of ether oxygens (including phenoxy) is 2. The minimum atomic E-state index is -0.969. The van der Waals surface area contributed by atoms with Crippen molar-refractivity contribution in [1.29, 1.82) is 0 Å². The lowest BCUT2D eigenvalue weighted by Crippen LogP contribution is -2.41. The van der Waals surface area contributed by atoms with Crippen LogP contribution in [-0.4, -0.2) is 54.4 Å². The van der Waals surface area contributed by atoms with Gasteiger partial charge in [0.25, 0.3) is 0 Å². The molecular weight excluding hydrogens is 432 g/mol. The molecule has 0 saturated carbocycles. The molecule has 0 spiro atoms. The summed E-state index contributed by atoms with van der Waals surface area (Å²) in [5.41, 5.74) is 2.69. The molecule has 186 valence electrons. The number of anilines is 1. The minimum absolute atomic E-state index is 0.129. The highest BCUT2D eigenvalue weighted by Gasteiger charge is 2.19. The number of amides is 2. The Hall–Kier alpha value is -3.06. The number of carboxylic acid groups (broad SMARTS) is 1. The van der Waals surface area contributed by atoms with E-state index in [9.17, 15) is 14.7 Å². The molecule has 0 heterocycles. The number of hydrogen-bond donors (Lipinski definition) is 2. The first kappa shape index (κ1) is 27.2. The van der Waals surface area contributed by atoms with Gasteiger partial charge in [0.2, 0.25) is 0 Å². The molecule has 34 heavy (non-hydrogen) atoms. The maximum absolute atomic E-state index is 13.0. The standard InChI is InChI=1S/C27H38N2O5/c1-5-21(6-2)19-29(27(32)28-24-11-9-8-10-20(24)4)16-17-34-23-14-12-22(13-15-23)18-25(26(30)31)33-7-3/h8-15,21,25H,5-7,16-19H2,1-4H3,(H,28,32)(H,30,31). The molecule has 0 fully saturated rings. The molecule has 1 unspecified atom stereocenters. The van der Waals surface area contributed by atoms with Crippen LogP contribution in [0.25, 0.3) is 0 Å². The normalized spacial score (nSPS) is 11.8. The monoisotopic (exact) mass is 470 g/mol. The number of hydrogen-bond acceptors (Lipinski definition) is 4. The van der Waals surface area contributed by atoms with Crippen LogP contribution in [0.4, 0.5) is 10.5 Å². The third-order valence-corrected chi connectivity index (χ3v) is 5.92. The second-order valence-corrected chi connectivity index (χ2v) is 8.35. The lowest BCUT2D eigenvalue weighted by atomic mass is 10.0. The molecule has 0 radical (unpaired) electrons. The molecule has 0 aliphatic carbocycles. The Kier molecular flexibility index (Phi) is 11.4. The van der Waals surface area contributed by atoms with Crippen LogP contribution < -0.4 is 10.1 Å². The van der Waals surface area contributed by atoms with E-state index in [4.69, 9.17) is 9.47 Å². The van der Waals surface area contributed by atoms with Crippen molar-refractivity contribution in [1.82, 2.24) is 4.90 Å². The molecule has 2 rings (SSSR count). The third kappa shape index (κ3) is 8.71. The maximum atomic E-state index is 13.0. The zero-order valence-electron chi connectivity index (χ0n) is 20.8. The van der Waals surface area contributed by atoms with Crippen LogP contribution in [0.2, 0.25) is 0 Å². The zero-order valence-corrected chi connectivity index (χ0v) is 20.8. The number of nitrogens with zero attached hydrogens (tertiary/aromatic N) is 1. The Labute approximate surface area is 203 Å². The number of benzene rings is 2. The highest BCUT2D eigenvalue weighted by molar-refractivity contribution is 5.90. The fraction of sp³-hybridized carbons (Fsp3) is 0.481. The van der Waals surface area contributed by atoms with Gasteiger partial charge in [-0.3, -0.25) is 0 Å². The molecule has 7 nitrogen and oxygen atoms in total. The number of nitrogens with one attached hydrogen (secondary N) is 1. The van der Waals surface area contributed by atoms with E-state index in [1.165, 1.54) is 0 Å². The average molecular weight is 471 g/mol. The van der Waals surface area contributed by atoms with Gasteiger partial charge >= 0.3 is 12.0 Å². The van der Waals surface area contributed by atoms with Gasteiger partial charge < -0.3 is 24.8 Å². The number of aryl methyl sites for hydroxylation is 1. The van der Waals surface area contributed by atoms with Gasteiger partial charge in [-0.15, -0.1) is 0 Å². The molecule has 0 aromatic heterocycles. The summed E-state index contributed by atoms with van der Waals surface area (Å²) in [4.78, 5) is 26.1. The number of carboxylic acids is 1. The van der Waals surface area contributed by atoms with Crippen LogP contribution in [0.5, 0.6) is 5.75 Å². The Morgan fingerprint density at radius 2 is 1.71 bits per heavy atom. The number of aliphatic carboxylic acids is 1. The van der Waals surface area contributed by atoms with E-state index < -0.39 is 12.1 Å². The van der Waals surface area contributed by atoms with E-state index in [0.717, 1.165) is 29.7 Å². The Balaban J connectivity index is 1.96. The highest BCUT2D eigenvalue weighted by Crippen LogP contribution is 2.17. The van der Waals surface area contributed by atoms with Crippen LogP contribution in [0.15, 0.2) is 48.5 Å². The van der Waals surface area contributed by atoms with Crippen LogP contribution in [0.3, 0.4) is 0 Å². The molecule has 2 aromatic rings. The quantitative estimate of drug-likeness (QED) is 0.387. The van der Waals surface area contributed by atoms with E-state index in [0.29, 0.717) is 44.4 Å². The lowest BCUT2D eigenvalue weighted by Gasteiger charge is -2.27. The topological polar surface area (TPSA) is 88.1 Å². The van der Waals surface area contributed by atoms with Crippen LogP contribution in [0.1, 0.15) is 44.7 Å². The van der Waals surface area contributed by atoms with Gasteiger partial charge in [-0.2, -0.15) is 0 Å². The van der Waals surface area contributed by atoms with Gasteiger partial charge in [-0.1, -0.05) is 57.0 Å². The fourth-order valence-electron chi connectivity index (χ4n) is 3.67. The Bertz CT molecular complexity index is 896. The molecule has 7 heteroatoms. The minimum Gasteiger partial charge on any atom is -0.492 e. The molecule has 0 aliphatic heterocycles. The van der Waals surface area contributed by atoms with Gasteiger partial charge in [0.15, 0.2) is 6.10 Å². The number of carbonyl (C=O) groups excluding carboxylic acids is 1. The second kappa shape index (κ2) is 14.3. The molecular formula is C27H38N2O5. The first-order valence-corrected chi connectivity index (χ1v) is 12.1. The summed E-state index contributed by atoms with van der Waals surface area (Å²) in [5.74, 6) is 0.131. The number of rotatable bonds is 14. The van der Waals surface area contributed by atoms with Gasteiger partial charge in [0.05, 0.1) is 6.54 Å². The van der Waals surface area contributed by atoms with Crippen molar-refractivity contribution in [3.63, 3.8) is 0 Å². The summed E-state index contributed by atoms with van der Waals surface area (Å²) in [6.07, 6.45) is 1.45. The van der Waals surface area contributed by atoms with Crippen LogP contribution in [-0.2, 0) is 16.0 Å². The molecule has 2 N–H and O–H groups in total. The van der Waals surface area contributed by atoms with Crippen molar-refractivity contribution >= 4 is 17.7 Å². The zero-order chi connectivity index (χ0) is 24.9. The summed E-state index contributed by atoms with van der Waals surface area (Å²) in [7, 11) is 0. The molecule has 0 saturated heterocycles. The summed E-state index contributed by atoms with van der Waals surface area (Å²) >= 11 is 0. The van der Waals surface area contributed by atoms with Crippen molar-refractivity contribution < 1.29 is 24.2 Å². The van der Waals surface area contributed by atoms with Gasteiger partial charge in [0, 0.05) is 25.3 Å².